The average Bonchev–Trinajstić information content (AvgIpc) is 3.26. The summed E-state index contributed by atoms with van der Waals surface area (Å²) in [5.74, 6) is 0.921. The Kier molecular flexibility index (Phi) is 4.70. The monoisotopic (exact) mass is 347 g/mol. The van der Waals surface area contributed by atoms with Gasteiger partial charge >= 0.3 is 0 Å². The van der Waals surface area contributed by atoms with E-state index in [9.17, 15) is 8.42 Å². The Morgan fingerprint density at radius 2 is 2.00 bits per heavy atom. The van der Waals surface area contributed by atoms with Gasteiger partial charge in [-0.3, -0.25) is 0 Å². The molecule has 0 radical (unpaired) electrons. The van der Waals surface area contributed by atoms with Crippen molar-refractivity contribution in [3.8, 4) is 11.5 Å². The highest BCUT2D eigenvalue weighted by atomic mass is 32.2. The zero-order valence-electron chi connectivity index (χ0n) is 13.2. The van der Waals surface area contributed by atoms with Gasteiger partial charge in [0.2, 0.25) is 0 Å². The van der Waals surface area contributed by atoms with Crippen LogP contribution in [0.3, 0.4) is 0 Å². The summed E-state index contributed by atoms with van der Waals surface area (Å²) in [6.45, 7) is 2.25. The van der Waals surface area contributed by atoms with Gasteiger partial charge in [-0.15, -0.1) is 5.10 Å². The van der Waals surface area contributed by atoms with Crippen molar-refractivity contribution in [1.82, 2.24) is 25.1 Å². The molecule has 8 nitrogen and oxygen atoms in total. The molecule has 0 amide bonds. The van der Waals surface area contributed by atoms with E-state index in [4.69, 9.17) is 4.52 Å². The fourth-order valence-electron chi connectivity index (χ4n) is 2.12. The maximum Gasteiger partial charge on any atom is 0.257 e. The second-order valence-corrected chi connectivity index (χ2v) is 7.77. The zero-order valence-corrected chi connectivity index (χ0v) is 14.0. The van der Waals surface area contributed by atoms with E-state index in [1.807, 2.05) is 24.3 Å². The molecule has 3 aromatic rings. The second-order valence-electron chi connectivity index (χ2n) is 5.30. The third-order valence-corrected chi connectivity index (χ3v) is 5.27. The van der Waals surface area contributed by atoms with Crippen molar-refractivity contribution in [3.63, 3.8) is 0 Å². The summed E-state index contributed by atoms with van der Waals surface area (Å²) in [7, 11) is -3.04. The molecule has 0 atom stereocenters. The van der Waals surface area contributed by atoms with E-state index < -0.39 is 9.84 Å². The Hall–Kier alpha value is -2.55. The molecule has 0 fully saturated rings. The third kappa shape index (κ3) is 4.05. The molecular formula is C15H17N5O3S. The van der Waals surface area contributed by atoms with Crippen LogP contribution >= 0.6 is 0 Å². The van der Waals surface area contributed by atoms with Gasteiger partial charge in [-0.25, -0.2) is 13.1 Å². The SMILES string of the molecule is CCS(=O)(=O)CCc1noc(-c2ccc(Cn3ccnn3)cc2)n1. The minimum Gasteiger partial charge on any atom is -0.334 e. The van der Waals surface area contributed by atoms with Gasteiger partial charge in [0.05, 0.1) is 18.5 Å². The number of aryl methyl sites for hydroxylation is 1. The molecule has 0 aliphatic heterocycles. The van der Waals surface area contributed by atoms with E-state index in [1.54, 1.807) is 24.0 Å². The minimum atomic E-state index is -3.04. The van der Waals surface area contributed by atoms with E-state index in [0.29, 0.717) is 18.3 Å². The van der Waals surface area contributed by atoms with Crippen molar-refractivity contribution < 1.29 is 12.9 Å². The number of hydrogen-bond acceptors (Lipinski definition) is 7. The van der Waals surface area contributed by atoms with Gasteiger partial charge in [0.1, 0.15) is 9.84 Å². The molecule has 2 heterocycles. The molecule has 9 heteroatoms. The second kappa shape index (κ2) is 6.91. The van der Waals surface area contributed by atoms with E-state index in [1.165, 1.54) is 0 Å². The first-order chi connectivity index (χ1) is 11.6. The van der Waals surface area contributed by atoms with Crippen LogP contribution in [0.5, 0.6) is 0 Å². The van der Waals surface area contributed by atoms with E-state index in [0.717, 1.165) is 11.1 Å². The van der Waals surface area contributed by atoms with Crippen molar-refractivity contribution in [2.45, 2.75) is 19.9 Å². The maximum atomic E-state index is 11.5. The summed E-state index contributed by atoms with van der Waals surface area (Å²) in [5, 5.41) is 11.5. The average molecular weight is 347 g/mol. The predicted molar refractivity (Wildman–Crippen MR) is 86.9 cm³/mol. The standard InChI is InChI=1S/C15H17N5O3S/c1-2-24(21,22)10-7-14-17-15(23-18-14)13-5-3-12(4-6-13)11-20-9-8-16-19-20/h3-6,8-9H,2,7,10-11H2,1H3. The van der Waals surface area contributed by atoms with Crippen molar-refractivity contribution in [2.75, 3.05) is 11.5 Å². The number of benzene rings is 1. The summed E-state index contributed by atoms with van der Waals surface area (Å²) in [6.07, 6.45) is 3.68. The molecule has 0 unspecified atom stereocenters. The Balaban J connectivity index is 1.66. The van der Waals surface area contributed by atoms with Crippen LogP contribution in [0.15, 0.2) is 41.2 Å². The van der Waals surface area contributed by atoms with Crippen molar-refractivity contribution in [2.24, 2.45) is 0 Å². The summed E-state index contributed by atoms with van der Waals surface area (Å²) < 4.78 is 30.0. The molecule has 0 bridgehead atoms. The molecule has 0 spiro atoms. The number of sulfone groups is 1. The Morgan fingerprint density at radius 3 is 2.67 bits per heavy atom. The van der Waals surface area contributed by atoms with Crippen LogP contribution in [0.1, 0.15) is 18.3 Å². The Bertz CT molecular complexity index is 886. The number of rotatable bonds is 7. The molecule has 0 saturated heterocycles. The van der Waals surface area contributed by atoms with E-state index in [2.05, 4.69) is 20.5 Å². The first-order valence-electron chi connectivity index (χ1n) is 7.52. The highest BCUT2D eigenvalue weighted by Gasteiger charge is 2.13. The van der Waals surface area contributed by atoms with Gasteiger partial charge in [-0.05, 0) is 17.7 Å². The Labute approximate surface area is 139 Å². The first-order valence-corrected chi connectivity index (χ1v) is 9.34. The summed E-state index contributed by atoms with van der Waals surface area (Å²) in [5.41, 5.74) is 1.85. The predicted octanol–water partition coefficient (Wildman–Crippen LogP) is 1.35. The molecule has 0 N–H and O–H groups in total. The van der Waals surface area contributed by atoms with Crippen LogP contribution in [0.25, 0.3) is 11.5 Å². The number of nitrogens with zero attached hydrogens (tertiary/aromatic N) is 5. The molecule has 24 heavy (non-hydrogen) atoms. The van der Waals surface area contributed by atoms with Crippen molar-refractivity contribution in [3.05, 3.63) is 48.0 Å². The van der Waals surface area contributed by atoms with Crippen LogP contribution in [0.4, 0.5) is 0 Å². The first kappa shape index (κ1) is 16.3. The lowest BCUT2D eigenvalue weighted by atomic mass is 10.1. The van der Waals surface area contributed by atoms with Gasteiger partial charge < -0.3 is 4.52 Å². The fraction of sp³-hybridized carbons (Fsp3) is 0.333. The molecular weight excluding hydrogens is 330 g/mol. The number of hydrogen-bond donors (Lipinski definition) is 0. The summed E-state index contributed by atoms with van der Waals surface area (Å²) in [6, 6.07) is 7.66. The van der Waals surface area contributed by atoms with Gasteiger partial charge in [0.15, 0.2) is 5.82 Å². The maximum absolute atomic E-state index is 11.5. The smallest absolute Gasteiger partial charge is 0.257 e. The molecule has 1 aromatic carbocycles. The van der Waals surface area contributed by atoms with Crippen LogP contribution < -0.4 is 0 Å². The van der Waals surface area contributed by atoms with Gasteiger partial charge in [0, 0.05) is 23.9 Å². The van der Waals surface area contributed by atoms with Crippen LogP contribution in [-0.4, -0.2) is 45.1 Å². The normalized spacial score (nSPS) is 11.7. The topological polar surface area (TPSA) is 104 Å². The van der Waals surface area contributed by atoms with Gasteiger partial charge in [-0.1, -0.05) is 29.4 Å². The minimum absolute atomic E-state index is 0.0271. The fourth-order valence-corrected chi connectivity index (χ4v) is 2.90. The molecule has 0 aliphatic rings. The van der Waals surface area contributed by atoms with Gasteiger partial charge in [0.25, 0.3) is 5.89 Å². The summed E-state index contributed by atoms with van der Waals surface area (Å²) in [4.78, 5) is 4.25. The Morgan fingerprint density at radius 1 is 1.21 bits per heavy atom. The molecule has 0 saturated carbocycles. The molecule has 126 valence electrons. The highest BCUT2D eigenvalue weighted by Crippen LogP contribution is 2.18. The lowest BCUT2D eigenvalue weighted by molar-refractivity contribution is 0.423. The van der Waals surface area contributed by atoms with E-state index >= 15 is 0 Å². The quantitative estimate of drug-likeness (QED) is 0.635. The van der Waals surface area contributed by atoms with Gasteiger partial charge in [-0.2, -0.15) is 4.98 Å². The lowest BCUT2D eigenvalue weighted by Crippen LogP contribution is -2.11. The highest BCUT2D eigenvalue weighted by molar-refractivity contribution is 7.91. The zero-order chi connectivity index (χ0) is 17.0. The van der Waals surface area contributed by atoms with Crippen LogP contribution in [0, 0.1) is 0 Å². The van der Waals surface area contributed by atoms with Crippen LogP contribution in [0.2, 0.25) is 0 Å². The molecule has 2 aromatic heterocycles. The van der Waals surface area contributed by atoms with Crippen molar-refractivity contribution >= 4 is 9.84 Å². The van der Waals surface area contributed by atoms with E-state index in [-0.39, 0.29) is 17.9 Å². The molecule has 0 aliphatic carbocycles. The van der Waals surface area contributed by atoms with Crippen LogP contribution in [-0.2, 0) is 22.8 Å². The third-order valence-electron chi connectivity index (χ3n) is 3.56. The largest absolute Gasteiger partial charge is 0.334 e. The summed E-state index contributed by atoms with van der Waals surface area (Å²) >= 11 is 0. The molecule has 3 rings (SSSR count). The lowest BCUT2D eigenvalue weighted by Gasteiger charge is -2.01. The van der Waals surface area contributed by atoms with Crippen molar-refractivity contribution in [1.29, 1.82) is 0 Å². The number of aromatic nitrogens is 5.